The number of aromatic nitrogens is 2. The van der Waals surface area contributed by atoms with E-state index in [4.69, 9.17) is 0 Å². The van der Waals surface area contributed by atoms with E-state index in [1.165, 1.54) is 44.5 Å². The molecule has 1 aliphatic carbocycles. The van der Waals surface area contributed by atoms with Gasteiger partial charge >= 0.3 is 0 Å². The summed E-state index contributed by atoms with van der Waals surface area (Å²) in [6, 6.07) is 0.518. The maximum atomic E-state index is 12.6. The van der Waals surface area contributed by atoms with E-state index in [2.05, 4.69) is 14.9 Å². The molecule has 0 bridgehead atoms. The summed E-state index contributed by atoms with van der Waals surface area (Å²) >= 11 is 0. The standard InChI is InChI=1S/C11H16FN3/c1-15(10-5-3-2-4-6-10)11-13-7-9(12)8-14-11/h7-8,10H,2-6H2,1H3. The molecule has 3 nitrogen and oxygen atoms in total. The molecule has 0 saturated heterocycles. The van der Waals surface area contributed by atoms with Gasteiger partial charge in [0.25, 0.3) is 0 Å². The molecule has 0 N–H and O–H groups in total. The first kappa shape index (κ1) is 10.3. The molecule has 0 spiro atoms. The Hall–Kier alpha value is -1.19. The van der Waals surface area contributed by atoms with Crippen LogP contribution in [-0.4, -0.2) is 23.1 Å². The molecule has 1 aromatic rings. The maximum absolute atomic E-state index is 12.6. The smallest absolute Gasteiger partial charge is 0.225 e. The monoisotopic (exact) mass is 209 g/mol. The molecule has 0 aliphatic heterocycles. The highest BCUT2D eigenvalue weighted by Gasteiger charge is 2.19. The Bertz CT molecular complexity index is 306. The Labute approximate surface area is 89.3 Å². The van der Waals surface area contributed by atoms with Crippen molar-refractivity contribution >= 4 is 5.95 Å². The molecule has 1 heterocycles. The maximum Gasteiger partial charge on any atom is 0.225 e. The minimum Gasteiger partial charge on any atom is -0.341 e. The highest BCUT2D eigenvalue weighted by molar-refractivity contribution is 5.28. The number of rotatable bonds is 2. The van der Waals surface area contributed by atoms with Crippen LogP contribution in [0.15, 0.2) is 12.4 Å². The van der Waals surface area contributed by atoms with E-state index >= 15 is 0 Å². The highest BCUT2D eigenvalue weighted by atomic mass is 19.1. The van der Waals surface area contributed by atoms with Crippen molar-refractivity contribution in [1.82, 2.24) is 9.97 Å². The summed E-state index contributed by atoms with van der Waals surface area (Å²) < 4.78 is 12.6. The number of hydrogen-bond acceptors (Lipinski definition) is 3. The second-order valence-electron chi connectivity index (χ2n) is 4.10. The van der Waals surface area contributed by atoms with Crippen LogP contribution in [-0.2, 0) is 0 Å². The minimum atomic E-state index is -0.379. The third-order valence-corrected chi connectivity index (χ3v) is 3.04. The van der Waals surface area contributed by atoms with Gasteiger partial charge in [-0.15, -0.1) is 0 Å². The fraction of sp³-hybridized carbons (Fsp3) is 0.636. The summed E-state index contributed by atoms with van der Waals surface area (Å²) in [5, 5.41) is 0. The van der Waals surface area contributed by atoms with E-state index < -0.39 is 0 Å². The number of hydrogen-bond donors (Lipinski definition) is 0. The second-order valence-corrected chi connectivity index (χ2v) is 4.10. The predicted octanol–water partition coefficient (Wildman–Crippen LogP) is 2.38. The molecule has 0 aromatic carbocycles. The average Bonchev–Trinajstić information content (AvgIpc) is 2.30. The van der Waals surface area contributed by atoms with E-state index in [1.807, 2.05) is 7.05 Å². The number of nitrogens with zero attached hydrogens (tertiary/aromatic N) is 3. The van der Waals surface area contributed by atoms with Gasteiger partial charge in [-0.2, -0.15) is 0 Å². The van der Waals surface area contributed by atoms with Crippen LogP contribution in [0.1, 0.15) is 32.1 Å². The Morgan fingerprint density at radius 3 is 2.40 bits per heavy atom. The van der Waals surface area contributed by atoms with Crippen LogP contribution in [0.3, 0.4) is 0 Å². The van der Waals surface area contributed by atoms with Gasteiger partial charge in [-0.3, -0.25) is 0 Å². The Morgan fingerprint density at radius 1 is 1.20 bits per heavy atom. The summed E-state index contributed by atoms with van der Waals surface area (Å²) in [4.78, 5) is 10.1. The minimum absolute atomic E-state index is 0.379. The van der Waals surface area contributed by atoms with Crippen molar-refractivity contribution < 1.29 is 4.39 Å². The SMILES string of the molecule is CN(c1ncc(F)cn1)C1CCCCC1. The summed E-state index contributed by atoms with van der Waals surface area (Å²) in [5.74, 6) is 0.249. The Morgan fingerprint density at radius 2 is 1.80 bits per heavy atom. The second kappa shape index (κ2) is 4.55. The van der Waals surface area contributed by atoms with Crippen LogP contribution in [0.2, 0.25) is 0 Å². The molecule has 0 unspecified atom stereocenters. The normalized spacial score (nSPS) is 17.7. The third-order valence-electron chi connectivity index (χ3n) is 3.04. The Balaban J connectivity index is 2.05. The van der Waals surface area contributed by atoms with Gasteiger partial charge in [0.15, 0.2) is 5.82 Å². The highest BCUT2D eigenvalue weighted by Crippen LogP contribution is 2.23. The van der Waals surface area contributed by atoms with Crippen molar-refractivity contribution in [3.8, 4) is 0 Å². The molecule has 4 heteroatoms. The first-order valence-corrected chi connectivity index (χ1v) is 5.48. The van der Waals surface area contributed by atoms with Crippen molar-refractivity contribution in [2.45, 2.75) is 38.1 Å². The summed E-state index contributed by atoms with van der Waals surface area (Å²) in [6.07, 6.45) is 8.71. The molecule has 1 aliphatic rings. The predicted molar refractivity (Wildman–Crippen MR) is 57.3 cm³/mol. The lowest BCUT2D eigenvalue weighted by atomic mass is 9.95. The van der Waals surface area contributed by atoms with Crippen molar-refractivity contribution in [1.29, 1.82) is 0 Å². The van der Waals surface area contributed by atoms with E-state index in [-0.39, 0.29) is 5.82 Å². The average molecular weight is 209 g/mol. The molecule has 15 heavy (non-hydrogen) atoms. The zero-order chi connectivity index (χ0) is 10.7. The molecule has 0 radical (unpaired) electrons. The third kappa shape index (κ3) is 2.43. The first-order valence-electron chi connectivity index (χ1n) is 5.48. The van der Waals surface area contributed by atoms with Gasteiger partial charge in [0.05, 0.1) is 12.4 Å². The van der Waals surface area contributed by atoms with Crippen LogP contribution in [0, 0.1) is 5.82 Å². The topological polar surface area (TPSA) is 29.0 Å². The van der Waals surface area contributed by atoms with Crippen molar-refractivity contribution in [3.63, 3.8) is 0 Å². The largest absolute Gasteiger partial charge is 0.341 e. The van der Waals surface area contributed by atoms with E-state index in [0.29, 0.717) is 12.0 Å². The van der Waals surface area contributed by atoms with Crippen LogP contribution in [0.5, 0.6) is 0 Å². The molecule has 1 fully saturated rings. The quantitative estimate of drug-likeness (QED) is 0.748. The van der Waals surface area contributed by atoms with E-state index in [9.17, 15) is 4.39 Å². The molecule has 1 saturated carbocycles. The summed E-state index contributed by atoms with van der Waals surface area (Å²) in [5.41, 5.74) is 0. The van der Waals surface area contributed by atoms with E-state index in [0.717, 1.165) is 0 Å². The molecule has 0 amide bonds. The van der Waals surface area contributed by atoms with Crippen LogP contribution >= 0.6 is 0 Å². The molecule has 1 aromatic heterocycles. The molecule has 2 rings (SSSR count). The number of halogens is 1. The summed E-state index contributed by atoms with van der Waals surface area (Å²) in [7, 11) is 1.99. The van der Waals surface area contributed by atoms with Crippen molar-refractivity contribution in [2.75, 3.05) is 11.9 Å². The van der Waals surface area contributed by atoms with Crippen LogP contribution in [0.4, 0.5) is 10.3 Å². The lowest BCUT2D eigenvalue weighted by Crippen LogP contribution is -2.34. The van der Waals surface area contributed by atoms with Crippen LogP contribution < -0.4 is 4.90 Å². The van der Waals surface area contributed by atoms with Crippen molar-refractivity contribution in [2.24, 2.45) is 0 Å². The Kier molecular flexibility index (Phi) is 3.14. The molecular weight excluding hydrogens is 193 g/mol. The van der Waals surface area contributed by atoms with Gasteiger partial charge in [-0.1, -0.05) is 19.3 Å². The molecule has 82 valence electrons. The van der Waals surface area contributed by atoms with Gasteiger partial charge in [-0.05, 0) is 12.8 Å². The number of anilines is 1. The van der Waals surface area contributed by atoms with Gasteiger partial charge in [0, 0.05) is 13.1 Å². The first-order chi connectivity index (χ1) is 7.27. The fourth-order valence-electron chi connectivity index (χ4n) is 2.12. The van der Waals surface area contributed by atoms with Gasteiger partial charge in [0.1, 0.15) is 0 Å². The van der Waals surface area contributed by atoms with Gasteiger partial charge in [-0.25, -0.2) is 14.4 Å². The molecule has 0 atom stereocenters. The van der Waals surface area contributed by atoms with Crippen molar-refractivity contribution in [3.05, 3.63) is 18.2 Å². The lowest BCUT2D eigenvalue weighted by Gasteiger charge is -2.30. The van der Waals surface area contributed by atoms with E-state index in [1.54, 1.807) is 0 Å². The lowest BCUT2D eigenvalue weighted by molar-refractivity contribution is 0.423. The van der Waals surface area contributed by atoms with Gasteiger partial charge < -0.3 is 4.90 Å². The molecular formula is C11H16FN3. The van der Waals surface area contributed by atoms with Gasteiger partial charge in [0.2, 0.25) is 5.95 Å². The van der Waals surface area contributed by atoms with Crippen LogP contribution in [0.25, 0.3) is 0 Å². The fourth-order valence-corrected chi connectivity index (χ4v) is 2.12. The zero-order valence-electron chi connectivity index (χ0n) is 8.99. The zero-order valence-corrected chi connectivity index (χ0v) is 8.99. The summed E-state index contributed by atoms with van der Waals surface area (Å²) in [6.45, 7) is 0.